The summed E-state index contributed by atoms with van der Waals surface area (Å²) in [4.78, 5) is 16.9. The molecule has 3 aromatic rings. The summed E-state index contributed by atoms with van der Waals surface area (Å²) in [6.07, 6.45) is 5.65. The van der Waals surface area contributed by atoms with Crippen LogP contribution in [0.4, 0.5) is 5.69 Å². The maximum atomic E-state index is 12.5. The molecule has 0 aliphatic carbocycles. The molecule has 0 saturated carbocycles. The first-order chi connectivity index (χ1) is 17.0. The van der Waals surface area contributed by atoms with Crippen LogP contribution in [0.2, 0.25) is 0 Å². The molecule has 0 heterocycles. The molecule has 0 unspecified atom stereocenters. The van der Waals surface area contributed by atoms with Gasteiger partial charge in [0, 0.05) is 18.2 Å². The van der Waals surface area contributed by atoms with Gasteiger partial charge in [0.1, 0.15) is 17.2 Å². The first-order valence-corrected chi connectivity index (χ1v) is 10.9. The van der Waals surface area contributed by atoms with Crippen molar-refractivity contribution < 1.29 is 28.5 Å². The van der Waals surface area contributed by atoms with Crippen molar-refractivity contribution in [1.82, 2.24) is 0 Å². The zero-order chi connectivity index (χ0) is 25.2. The molecular formula is C28H29NO6. The van der Waals surface area contributed by atoms with E-state index in [1.54, 1.807) is 66.0 Å². The molecule has 0 radical (unpaired) electrons. The van der Waals surface area contributed by atoms with Crippen LogP contribution in [0.5, 0.6) is 28.7 Å². The van der Waals surface area contributed by atoms with Crippen LogP contribution in [0.1, 0.15) is 27.9 Å². The number of hydrogen-bond donors (Lipinski definition) is 0. The van der Waals surface area contributed by atoms with Gasteiger partial charge in [0.15, 0.2) is 17.3 Å². The number of rotatable bonds is 11. The first kappa shape index (κ1) is 25.4. The molecule has 0 bridgehead atoms. The van der Waals surface area contributed by atoms with Crippen LogP contribution in [0, 0.1) is 0 Å². The van der Waals surface area contributed by atoms with Gasteiger partial charge in [0.25, 0.3) is 0 Å². The number of aliphatic imine (C=N–C) groups is 1. The summed E-state index contributed by atoms with van der Waals surface area (Å²) in [6, 6.07) is 16.4. The smallest absolute Gasteiger partial charge is 0.203 e. The Morgan fingerprint density at radius 3 is 1.91 bits per heavy atom. The van der Waals surface area contributed by atoms with Gasteiger partial charge in [-0.25, -0.2) is 0 Å². The number of ketones is 1. The van der Waals surface area contributed by atoms with Gasteiger partial charge in [0.05, 0.1) is 35.5 Å². The lowest BCUT2D eigenvalue weighted by atomic mass is 10.1. The van der Waals surface area contributed by atoms with Crippen molar-refractivity contribution in [3.63, 3.8) is 0 Å². The molecule has 0 N–H and O–H groups in total. The van der Waals surface area contributed by atoms with Crippen molar-refractivity contribution in [2.75, 3.05) is 35.5 Å². The third-order valence-corrected chi connectivity index (χ3v) is 5.28. The van der Waals surface area contributed by atoms with Crippen molar-refractivity contribution in [2.24, 2.45) is 4.99 Å². The van der Waals surface area contributed by atoms with Crippen molar-refractivity contribution >= 4 is 29.8 Å². The van der Waals surface area contributed by atoms with E-state index in [0.717, 1.165) is 11.1 Å². The molecule has 7 heteroatoms. The zero-order valence-corrected chi connectivity index (χ0v) is 20.5. The third-order valence-electron chi connectivity index (χ3n) is 5.28. The number of ether oxygens (including phenoxy) is 5. The molecule has 0 aliphatic rings. The SMILES string of the molecule is COc1ccc(C(=O)CC=Nc2cc(/C=C\c3cc(OC)c(OC)c(OC)c3)ccc2OC)cc1. The predicted molar refractivity (Wildman–Crippen MR) is 138 cm³/mol. The minimum absolute atomic E-state index is 0.0335. The fourth-order valence-electron chi connectivity index (χ4n) is 3.42. The zero-order valence-electron chi connectivity index (χ0n) is 20.5. The molecule has 3 aromatic carbocycles. The molecule has 3 rings (SSSR count). The summed E-state index contributed by atoms with van der Waals surface area (Å²) < 4.78 is 26.8. The Bertz CT molecular complexity index is 1190. The lowest BCUT2D eigenvalue weighted by Gasteiger charge is -2.12. The highest BCUT2D eigenvalue weighted by molar-refractivity contribution is 6.04. The molecule has 0 amide bonds. The average molecular weight is 476 g/mol. The number of nitrogens with zero attached hydrogens (tertiary/aromatic N) is 1. The molecule has 0 fully saturated rings. The second-order valence-corrected chi connectivity index (χ2v) is 7.39. The standard InChI is InChI=1S/C28H29NO6/c1-31-22-11-9-21(10-12-22)24(30)14-15-29-23-16-19(8-13-25(23)32-2)6-7-20-17-26(33-3)28(35-5)27(18-20)34-4/h6-13,15-18H,14H2,1-5H3/b7-6-,29-15?. The fraction of sp³-hybridized carbons (Fsp3) is 0.214. The highest BCUT2D eigenvalue weighted by Crippen LogP contribution is 2.38. The Hall–Kier alpha value is -4.26. The quantitative estimate of drug-likeness (QED) is 0.196. The van der Waals surface area contributed by atoms with E-state index in [4.69, 9.17) is 23.7 Å². The number of Topliss-reactive ketones (excluding diaryl/α,β-unsaturated/α-hetero) is 1. The summed E-state index contributed by atoms with van der Waals surface area (Å²) >= 11 is 0. The highest BCUT2D eigenvalue weighted by Gasteiger charge is 2.12. The van der Waals surface area contributed by atoms with Gasteiger partial charge in [0.2, 0.25) is 5.75 Å². The number of methoxy groups -OCH3 is 5. The molecule has 0 aromatic heterocycles. The minimum atomic E-state index is -0.0335. The van der Waals surface area contributed by atoms with Crippen molar-refractivity contribution in [2.45, 2.75) is 6.42 Å². The average Bonchev–Trinajstić information content (AvgIpc) is 2.91. The maximum absolute atomic E-state index is 12.5. The van der Waals surface area contributed by atoms with E-state index in [2.05, 4.69) is 4.99 Å². The van der Waals surface area contributed by atoms with E-state index in [-0.39, 0.29) is 12.2 Å². The Balaban J connectivity index is 1.78. The molecule has 0 aliphatic heterocycles. The first-order valence-electron chi connectivity index (χ1n) is 10.9. The van der Waals surface area contributed by atoms with E-state index >= 15 is 0 Å². The molecule has 0 saturated heterocycles. The number of benzene rings is 3. The van der Waals surface area contributed by atoms with Gasteiger partial charge >= 0.3 is 0 Å². The summed E-state index contributed by atoms with van der Waals surface area (Å²) in [6.45, 7) is 0. The molecule has 7 nitrogen and oxygen atoms in total. The van der Waals surface area contributed by atoms with Crippen LogP contribution in [0.3, 0.4) is 0 Å². The van der Waals surface area contributed by atoms with E-state index < -0.39 is 0 Å². The molecular weight excluding hydrogens is 446 g/mol. The third kappa shape index (κ3) is 6.41. The normalized spacial score (nSPS) is 11.0. The topological polar surface area (TPSA) is 75.6 Å². The Labute approximate surface area is 205 Å². The van der Waals surface area contributed by atoms with E-state index in [1.807, 2.05) is 42.5 Å². The lowest BCUT2D eigenvalue weighted by Crippen LogP contribution is -1.99. The molecule has 0 atom stereocenters. The van der Waals surface area contributed by atoms with Crippen molar-refractivity contribution in [3.05, 3.63) is 71.3 Å². The van der Waals surface area contributed by atoms with Crippen LogP contribution in [-0.4, -0.2) is 47.5 Å². The van der Waals surface area contributed by atoms with Crippen LogP contribution in [-0.2, 0) is 0 Å². The number of carbonyl (C=O) groups is 1. The predicted octanol–water partition coefficient (Wildman–Crippen LogP) is 5.88. The Morgan fingerprint density at radius 1 is 0.714 bits per heavy atom. The second kappa shape index (κ2) is 12.3. The van der Waals surface area contributed by atoms with Crippen LogP contribution >= 0.6 is 0 Å². The minimum Gasteiger partial charge on any atom is -0.497 e. The Morgan fingerprint density at radius 2 is 1.34 bits per heavy atom. The molecule has 35 heavy (non-hydrogen) atoms. The van der Waals surface area contributed by atoms with Gasteiger partial charge in [-0.15, -0.1) is 0 Å². The van der Waals surface area contributed by atoms with Crippen LogP contribution in [0.15, 0.2) is 59.6 Å². The summed E-state index contributed by atoms with van der Waals surface area (Å²) in [5, 5.41) is 0. The summed E-state index contributed by atoms with van der Waals surface area (Å²) in [5.41, 5.74) is 3.02. The molecule has 182 valence electrons. The van der Waals surface area contributed by atoms with Gasteiger partial charge in [-0.2, -0.15) is 0 Å². The largest absolute Gasteiger partial charge is 0.497 e. The maximum Gasteiger partial charge on any atom is 0.203 e. The van der Waals surface area contributed by atoms with E-state index in [1.165, 1.54) is 0 Å². The van der Waals surface area contributed by atoms with Gasteiger partial charge in [-0.3, -0.25) is 9.79 Å². The van der Waals surface area contributed by atoms with Crippen molar-refractivity contribution in [1.29, 1.82) is 0 Å². The van der Waals surface area contributed by atoms with Gasteiger partial charge < -0.3 is 23.7 Å². The van der Waals surface area contributed by atoms with E-state index in [9.17, 15) is 4.79 Å². The van der Waals surface area contributed by atoms with Gasteiger partial charge in [-0.05, 0) is 59.7 Å². The van der Waals surface area contributed by atoms with Crippen LogP contribution < -0.4 is 23.7 Å². The molecule has 0 spiro atoms. The summed E-state index contributed by atoms with van der Waals surface area (Å²) in [5.74, 6) is 2.98. The summed E-state index contributed by atoms with van der Waals surface area (Å²) in [7, 11) is 7.91. The Kier molecular flexibility index (Phi) is 8.89. The van der Waals surface area contributed by atoms with E-state index in [0.29, 0.717) is 40.0 Å². The monoisotopic (exact) mass is 475 g/mol. The highest BCUT2D eigenvalue weighted by atomic mass is 16.5. The fourth-order valence-corrected chi connectivity index (χ4v) is 3.42. The van der Waals surface area contributed by atoms with Crippen LogP contribution in [0.25, 0.3) is 12.2 Å². The van der Waals surface area contributed by atoms with Gasteiger partial charge in [-0.1, -0.05) is 18.2 Å². The number of hydrogen-bond acceptors (Lipinski definition) is 7. The number of carbonyl (C=O) groups excluding carboxylic acids is 1. The lowest BCUT2D eigenvalue weighted by molar-refractivity contribution is 0.100. The van der Waals surface area contributed by atoms with Crippen molar-refractivity contribution in [3.8, 4) is 28.7 Å². The second-order valence-electron chi connectivity index (χ2n) is 7.39.